The molecular formula is C16H38N2+2. The fourth-order valence-electron chi connectivity index (χ4n) is 2.15. The van der Waals surface area contributed by atoms with Crippen molar-refractivity contribution in [2.45, 2.75) is 58.8 Å². The van der Waals surface area contributed by atoms with Gasteiger partial charge in [-0.25, -0.2) is 0 Å². The van der Waals surface area contributed by atoms with Crippen molar-refractivity contribution >= 4 is 0 Å². The van der Waals surface area contributed by atoms with Gasteiger partial charge in [0.1, 0.15) is 0 Å². The molecule has 110 valence electrons. The summed E-state index contributed by atoms with van der Waals surface area (Å²) in [5.74, 6) is 0.889. The summed E-state index contributed by atoms with van der Waals surface area (Å²) in [7, 11) is 6.85. The minimum Gasteiger partial charge on any atom is -0.346 e. The molecule has 1 atom stereocenters. The van der Waals surface area contributed by atoms with Crippen molar-refractivity contribution in [1.29, 1.82) is 0 Å². The van der Waals surface area contributed by atoms with Crippen LogP contribution in [0.25, 0.3) is 0 Å². The van der Waals surface area contributed by atoms with E-state index in [-0.39, 0.29) is 0 Å². The van der Waals surface area contributed by atoms with E-state index < -0.39 is 0 Å². The molecule has 0 rings (SSSR count). The predicted octanol–water partition coefficient (Wildman–Crippen LogP) is 2.64. The van der Waals surface area contributed by atoms with Gasteiger partial charge >= 0.3 is 0 Å². The van der Waals surface area contributed by atoms with Crippen molar-refractivity contribution in [1.82, 2.24) is 0 Å². The number of hydrogen-bond acceptors (Lipinski definition) is 0. The van der Waals surface area contributed by atoms with Crippen LogP contribution in [0.2, 0.25) is 0 Å². The maximum absolute atomic E-state index is 2.51. The average molecular weight is 258 g/mol. The zero-order valence-corrected chi connectivity index (χ0v) is 13.7. The molecule has 0 aromatic rings. The highest BCUT2D eigenvalue weighted by molar-refractivity contribution is 4.46. The Morgan fingerprint density at radius 2 is 1.44 bits per heavy atom. The molecule has 2 N–H and O–H groups in total. The molecule has 0 amide bonds. The van der Waals surface area contributed by atoms with Gasteiger partial charge in [-0.05, 0) is 32.1 Å². The van der Waals surface area contributed by atoms with Crippen LogP contribution in [0.4, 0.5) is 0 Å². The zero-order valence-electron chi connectivity index (χ0n) is 13.7. The summed E-state index contributed by atoms with van der Waals surface area (Å²) in [6, 6.07) is 0. The van der Waals surface area contributed by atoms with E-state index in [0.29, 0.717) is 0 Å². The molecule has 18 heavy (non-hydrogen) atoms. The molecule has 0 aromatic carbocycles. The molecule has 1 unspecified atom stereocenters. The molecule has 0 radical (unpaired) electrons. The average Bonchev–Trinajstić information content (AvgIpc) is 2.29. The fourth-order valence-corrected chi connectivity index (χ4v) is 2.15. The minimum atomic E-state index is 0.889. The minimum absolute atomic E-state index is 0.889. The van der Waals surface area contributed by atoms with E-state index in [4.69, 9.17) is 0 Å². The molecule has 0 saturated heterocycles. The molecule has 0 bridgehead atoms. The lowest BCUT2D eigenvalue weighted by Crippen LogP contribution is -2.85. The summed E-state index contributed by atoms with van der Waals surface area (Å²) in [5.41, 5.74) is 0. The Morgan fingerprint density at radius 1 is 0.889 bits per heavy atom. The summed E-state index contributed by atoms with van der Waals surface area (Å²) in [6.07, 6.45) is 9.85. The standard InChI is InChI=1S/C16H37N2/c1-6-16(2)15-17-13-11-9-7-8-10-12-14-18(3,4)5/h16-17H,6-15H2,1-5H3/q+1/p+1. The highest BCUT2D eigenvalue weighted by Crippen LogP contribution is 2.06. The summed E-state index contributed by atoms with van der Waals surface area (Å²) in [5, 5.41) is 2.51. The Bertz CT molecular complexity index is 172. The number of nitrogens with two attached hydrogens (primary N) is 1. The van der Waals surface area contributed by atoms with Crippen LogP contribution in [-0.2, 0) is 0 Å². The third-order valence-electron chi connectivity index (χ3n) is 3.75. The second-order valence-corrected chi connectivity index (χ2v) is 6.96. The first-order chi connectivity index (χ1) is 8.45. The van der Waals surface area contributed by atoms with Gasteiger partial charge in [0.2, 0.25) is 0 Å². The third kappa shape index (κ3) is 14.0. The fraction of sp³-hybridized carbons (Fsp3) is 1.00. The molecule has 0 fully saturated rings. The van der Waals surface area contributed by atoms with E-state index in [1.54, 1.807) is 0 Å². The maximum Gasteiger partial charge on any atom is 0.0781 e. The van der Waals surface area contributed by atoms with Gasteiger partial charge < -0.3 is 9.80 Å². The van der Waals surface area contributed by atoms with Crippen molar-refractivity contribution < 1.29 is 9.80 Å². The highest BCUT2D eigenvalue weighted by Gasteiger charge is 2.05. The Kier molecular flexibility index (Phi) is 10.8. The van der Waals surface area contributed by atoms with Gasteiger partial charge in [-0.3, -0.25) is 0 Å². The predicted molar refractivity (Wildman–Crippen MR) is 81.7 cm³/mol. The summed E-state index contributed by atoms with van der Waals surface area (Å²) in [6.45, 7) is 8.62. The lowest BCUT2D eigenvalue weighted by molar-refractivity contribution is -0.870. The van der Waals surface area contributed by atoms with Crippen LogP contribution >= 0.6 is 0 Å². The third-order valence-corrected chi connectivity index (χ3v) is 3.75. The molecule has 0 saturated carbocycles. The number of rotatable bonds is 12. The van der Waals surface area contributed by atoms with E-state index >= 15 is 0 Å². The molecule has 2 heteroatoms. The normalized spacial score (nSPS) is 13.8. The Labute approximate surface area is 116 Å². The van der Waals surface area contributed by atoms with Crippen molar-refractivity contribution in [2.75, 3.05) is 40.8 Å². The van der Waals surface area contributed by atoms with Crippen LogP contribution in [0.15, 0.2) is 0 Å². The van der Waals surface area contributed by atoms with Crippen LogP contribution in [0, 0.1) is 5.92 Å². The SMILES string of the molecule is CCC(C)C[NH2+]CCCCCCCC[N+](C)(C)C. The summed E-state index contributed by atoms with van der Waals surface area (Å²) in [4.78, 5) is 0. The second kappa shape index (κ2) is 10.8. The van der Waals surface area contributed by atoms with Crippen LogP contribution in [-0.4, -0.2) is 45.3 Å². The van der Waals surface area contributed by atoms with Gasteiger partial charge in [-0.2, -0.15) is 0 Å². The lowest BCUT2D eigenvalue weighted by atomic mass is 10.1. The van der Waals surface area contributed by atoms with Crippen molar-refractivity contribution in [3.05, 3.63) is 0 Å². The van der Waals surface area contributed by atoms with Crippen LogP contribution in [0.5, 0.6) is 0 Å². The Hall–Kier alpha value is -0.0800. The molecule has 0 aromatic heterocycles. The largest absolute Gasteiger partial charge is 0.346 e. The lowest BCUT2D eigenvalue weighted by Gasteiger charge is -2.23. The van der Waals surface area contributed by atoms with Gasteiger partial charge in [-0.15, -0.1) is 0 Å². The van der Waals surface area contributed by atoms with Crippen molar-refractivity contribution in [2.24, 2.45) is 5.92 Å². The summed E-state index contributed by atoms with van der Waals surface area (Å²) >= 11 is 0. The number of nitrogens with zero attached hydrogens (tertiary/aromatic N) is 1. The summed E-state index contributed by atoms with van der Waals surface area (Å²) < 4.78 is 1.12. The van der Waals surface area contributed by atoms with E-state index in [2.05, 4.69) is 40.3 Å². The number of unbranched alkanes of at least 4 members (excludes halogenated alkanes) is 5. The Morgan fingerprint density at radius 3 is 2.00 bits per heavy atom. The first-order valence-electron chi connectivity index (χ1n) is 8.08. The van der Waals surface area contributed by atoms with E-state index in [9.17, 15) is 0 Å². The number of quaternary nitrogens is 2. The molecular weight excluding hydrogens is 220 g/mol. The van der Waals surface area contributed by atoms with Gasteiger partial charge in [-0.1, -0.05) is 26.7 Å². The zero-order chi connectivity index (χ0) is 13.9. The number of hydrogen-bond donors (Lipinski definition) is 1. The first kappa shape index (κ1) is 17.9. The van der Waals surface area contributed by atoms with Gasteiger partial charge in [0.25, 0.3) is 0 Å². The van der Waals surface area contributed by atoms with Crippen molar-refractivity contribution in [3.8, 4) is 0 Å². The van der Waals surface area contributed by atoms with Gasteiger partial charge in [0, 0.05) is 5.92 Å². The highest BCUT2D eigenvalue weighted by atomic mass is 15.3. The smallest absolute Gasteiger partial charge is 0.0781 e. The van der Waals surface area contributed by atoms with E-state index in [1.807, 2.05) is 0 Å². The van der Waals surface area contributed by atoms with Crippen LogP contribution in [0.1, 0.15) is 58.8 Å². The molecule has 2 nitrogen and oxygen atoms in total. The monoisotopic (exact) mass is 258 g/mol. The topological polar surface area (TPSA) is 16.6 Å². The quantitative estimate of drug-likeness (QED) is 0.409. The molecule has 0 aliphatic rings. The second-order valence-electron chi connectivity index (χ2n) is 6.96. The van der Waals surface area contributed by atoms with Gasteiger partial charge in [0.15, 0.2) is 0 Å². The first-order valence-corrected chi connectivity index (χ1v) is 8.08. The van der Waals surface area contributed by atoms with Crippen molar-refractivity contribution in [3.63, 3.8) is 0 Å². The molecule has 0 aliphatic heterocycles. The van der Waals surface area contributed by atoms with E-state index in [1.165, 1.54) is 64.6 Å². The molecule has 0 heterocycles. The maximum atomic E-state index is 2.51. The Balaban J connectivity index is 3.08. The van der Waals surface area contributed by atoms with Crippen LogP contribution in [0.3, 0.4) is 0 Å². The van der Waals surface area contributed by atoms with Crippen LogP contribution < -0.4 is 5.32 Å². The molecule has 0 spiro atoms. The van der Waals surface area contributed by atoms with Gasteiger partial charge in [0.05, 0.1) is 40.8 Å². The molecule has 0 aliphatic carbocycles. The van der Waals surface area contributed by atoms with E-state index in [0.717, 1.165) is 10.4 Å².